The minimum Gasteiger partial charge on any atom is -0.361 e. The van der Waals surface area contributed by atoms with Gasteiger partial charge in [0.15, 0.2) is 5.17 Å². The van der Waals surface area contributed by atoms with Crippen LogP contribution in [0, 0.1) is 5.92 Å². The monoisotopic (exact) mass is 238 g/mol. The molecule has 1 aliphatic rings. The van der Waals surface area contributed by atoms with Gasteiger partial charge < -0.3 is 5.32 Å². The molecule has 0 amide bonds. The van der Waals surface area contributed by atoms with Crippen molar-refractivity contribution in [1.29, 1.82) is 0 Å². The van der Waals surface area contributed by atoms with E-state index in [-0.39, 0.29) is 0 Å². The van der Waals surface area contributed by atoms with E-state index < -0.39 is 0 Å². The number of aliphatic imine (C=N–C) groups is 1. The molecule has 1 N–H and O–H groups in total. The quantitative estimate of drug-likeness (QED) is 0.870. The zero-order valence-corrected chi connectivity index (χ0v) is 10.8. The molecule has 5 heteroatoms. The molecule has 1 aromatic heterocycles. The van der Waals surface area contributed by atoms with Crippen molar-refractivity contribution in [1.82, 2.24) is 15.1 Å². The summed E-state index contributed by atoms with van der Waals surface area (Å²) in [5.74, 6) is 1.79. The molecule has 4 nitrogen and oxygen atoms in total. The molecule has 1 aromatic rings. The Bertz CT molecular complexity index is 383. The van der Waals surface area contributed by atoms with E-state index in [0.717, 1.165) is 16.6 Å². The maximum absolute atomic E-state index is 4.57. The van der Waals surface area contributed by atoms with Crippen molar-refractivity contribution in [3.63, 3.8) is 0 Å². The van der Waals surface area contributed by atoms with Gasteiger partial charge in [0.1, 0.15) is 0 Å². The van der Waals surface area contributed by atoms with E-state index in [9.17, 15) is 0 Å². The van der Waals surface area contributed by atoms with Crippen molar-refractivity contribution < 1.29 is 0 Å². The number of rotatable bonds is 3. The third kappa shape index (κ3) is 2.58. The zero-order valence-electron chi connectivity index (χ0n) is 9.97. The molecule has 0 aliphatic carbocycles. The Morgan fingerprint density at radius 3 is 3.06 bits per heavy atom. The van der Waals surface area contributed by atoms with Gasteiger partial charge in [0, 0.05) is 25.0 Å². The number of amidine groups is 1. The average molecular weight is 238 g/mol. The molecule has 2 heterocycles. The first-order valence-electron chi connectivity index (χ1n) is 5.57. The second-order valence-electron chi connectivity index (χ2n) is 4.37. The Morgan fingerprint density at radius 2 is 2.50 bits per heavy atom. The highest BCUT2D eigenvalue weighted by atomic mass is 32.2. The van der Waals surface area contributed by atoms with Crippen molar-refractivity contribution in [2.24, 2.45) is 18.0 Å². The molecule has 2 rings (SSSR count). The van der Waals surface area contributed by atoms with Crippen LogP contribution in [0.3, 0.4) is 0 Å². The van der Waals surface area contributed by atoms with Gasteiger partial charge in [-0.2, -0.15) is 5.10 Å². The number of nitrogens with one attached hydrogen (secondary N) is 1. The van der Waals surface area contributed by atoms with Crippen LogP contribution in [0.4, 0.5) is 0 Å². The summed E-state index contributed by atoms with van der Waals surface area (Å²) in [6, 6.07) is 2.57. The molecule has 0 aromatic carbocycles. The van der Waals surface area contributed by atoms with Crippen LogP contribution >= 0.6 is 11.8 Å². The summed E-state index contributed by atoms with van der Waals surface area (Å²) in [6.45, 7) is 5.18. The predicted molar refractivity (Wildman–Crippen MR) is 68.6 cm³/mol. The van der Waals surface area contributed by atoms with Gasteiger partial charge in [-0.3, -0.25) is 9.67 Å². The van der Waals surface area contributed by atoms with E-state index in [2.05, 4.69) is 29.3 Å². The standard InChI is InChI=1S/C11H18N4S/c1-8(2)10-7-16-11(14-10)12-6-9-4-5-13-15(9)3/h4-5,8,10H,6-7H2,1-3H3,(H,12,14). The first-order chi connectivity index (χ1) is 7.66. The molecular formula is C11H18N4S. The molecule has 1 unspecified atom stereocenters. The topological polar surface area (TPSA) is 42.2 Å². The third-order valence-electron chi connectivity index (χ3n) is 2.82. The predicted octanol–water partition coefficient (Wildman–Crippen LogP) is 1.64. The lowest BCUT2D eigenvalue weighted by Crippen LogP contribution is -2.31. The second kappa shape index (κ2) is 4.91. The number of aryl methyl sites for hydroxylation is 1. The van der Waals surface area contributed by atoms with Gasteiger partial charge in [-0.15, -0.1) is 0 Å². The number of nitrogens with zero attached hydrogens (tertiary/aromatic N) is 3. The van der Waals surface area contributed by atoms with Crippen LogP contribution in [-0.4, -0.2) is 26.7 Å². The van der Waals surface area contributed by atoms with Crippen LogP contribution in [0.1, 0.15) is 19.5 Å². The lowest BCUT2D eigenvalue weighted by atomic mass is 10.1. The van der Waals surface area contributed by atoms with Gasteiger partial charge in [-0.1, -0.05) is 25.6 Å². The maximum Gasteiger partial charge on any atom is 0.157 e. The average Bonchev–Trinajstić information content (AvgIpc) is 2.83. The summed E-state index contributed by atoms with van der Waals surface area (Å²) >= 11 is 1.82. The molecule has 88 valence electrons. The fraction of sp³-hybridized carbons (Fsp3) is 0.636. The number of thioether (sulfide) groups is 1. The van der Waals surface area contributed by atoms with E-state index in [1.807, 2.05) is 35.8 Å². The van der Waals surface area contributed by atoms with Crippen LogP contribution in [0.5, 0.6) is 0 Å². The largest absolute Gasteiger partial charge is 0.361 e. The Balaban J connectivity index is 1.92. The van der Waals surface area contributed by atoms with Gasteiger partial charge in [-0.25, -0.2) is 0 Å². The lowest BCUT2D eigenvalue weighted by molar-refractivity contribution is 0.503. The maximum atomic E-state index is 4.57. The highest BCUT2D eigenvalue weighted by molar-refractivity contribution is 8.14. The fourth-order valence-corrected chi connectivity index (χ4v) is 2.77. The van der Waals surface area contributed by atoms with Crippen molar-refractivity contribution in [3.05, 3.63) is 18.0 Å². The van der Waals surface area contributed by atoms with Crippen molar-refractivity contribution in [2.75, 3.05) is 5.75 Å². The summed E-state index contributed by atoms with van der Waals surface area (Å²) < 4.78 is 1.86. The zero-order chi connectivity index (χ0) is 11.5. The first-order valence-corrected chi connectivity index (χ1v) is 6.56. The van der Waals surface area contributed by atoms with Crippen molar-refractivity contribution in [2.45, 2.75) is 26.4 Å². The van der Waals surface area contributed by atoms with E-state index in [1.165, 1.54) is 0 Å². The SMILES string of the molecule is CC(C)C1CSC(=NCc2ccnn2C)N1. The third-order valence-corrected chi connectivity index (χ3v) is 3.87. The summed E-state index contributed by atoms with van der Waals surface area (Å²) in [7, 11) is 1.95. The van der Waals surface area contributed by atoms with E-state index in [1.54, 1.807) is 0 Å². The van der Waals surface area contributed by atoms with E-state index in [4.69, 9.17) is 0 Å². The summed E-state index contributed by atoms with van der Waals surface area (Å²) in [6.07, 6.45) is 1.81. The van der Waals surface area contributed by atoms with E-state index >= 15 is 0 Å². The first kappa shape index (κ1) is 11.5. The molecule has 1 saturated heterocycles. The fourth-order valence-electron chi connectivity index (χ4n) is 1.57. The second-order valence-corrected chi connectivity index (χ2v) is 5.38. The van der Waals surface area contributed by atoms with Crippen molar-refractivity contribution in [3.8, 4) is 0 Å². The number of aromatic nitrogens is 2. The Labute approximate surface area is 101 Å². The Hall–Kier alpha value is -0.970. The molecule has 16 heavy (non-hydrogen) atoms. The molecule has 1 aliphatic heterocycles. The molecule has 0 bridgehead atoms. The molecule has 0 spiro atoms. The highest BCUT2D eigenvalue weighted by Crippen LogP contribution is 2.19. The lowest BCUT2D eigenvalue weighted by Gasteiger charge is -2.13. The molecule has 1 fully saturated rings. The van der Waals surface area contributed by atoms with Gasteiger partial charge in [0.05, 0.1) is 12.2 Å². The van der Waals surface area contributed by atoms with Gasteiger partial charge >= 0.3 is 0 Å². The molecular weight excluding hydrogens is 220 g/mol. The van der Waals surface area contributed by atoms with Crippen LogP contribution in [0.2, 0.25) is 0 Å². The minimum absolute atomic E-state index is 0.565. The van der Waals surface area contributed by atoms with Crippen LogP contribution < -0.4 is 5.32 Å². The molecule has 0 radical (unpaired) electrons. The van der Waals surface area contributed by atoms with Crippen molar-refractivity contribution >= 4 is 16.9 Å². The molecule has 0 saturated carbocycles. The smallest absolute Gasteiger partial charge is 0.157 e. The van der Waals surface area contributed by atoms with Crippen LogP contribution in [-0.2, 0) is 13.6 Å². The number of hydrogen-bond donors (Lipinski definition) is 1. The Kier molecular flexibility index (Phi) is 3.53. The van der Waals surface area contributed by atoms with Gasteiger partial charge in [-0.05, 0) is 12.0 Å². The van der Waals surface area contributed by atoms with Gasteiger partial charge in [0.25, 0.3) is 0 Å². The summed E-state index contributed by atoms with van der Waals surface area (Å²) in [4.78, 5) is 4.57. The summed E-state index contributed by atoms with van der Waals surface area (Å²) in [5, 5.41) is 8.65. The van der Waals surface area contributed by atoms with Gasteiger partial charge in [0.2, 0.25) is 0 Å². The molecule has 1 atom stereocenters. The van der Waals surface area contributed by atoms with E-state index in [0.29, 0.717) is 18.5 Å². The summed E-state index contributed by atoms with van der Waals surface area (Å²) in [5.41, 5.74) is 1.14. The normalized spacial score (nSPS) is 23.0. The van der Waals surface area contributed by atoms with Crippen LogP contribution in [0.25, 0.3) is 0 Å². The number of hydrogen-bond acceptors (Lipinski definition) is 3. The minimum atomic E-state index is 0.565. The Morgan fingerprint density at radius 1 is 1.69 bits per heavy atom. The highest BCUT2D eigenvalue weighted by Gasteiger charge is 2.22. The van der Waals surface area contributed by atoms with Crippen LogP contribution in [0.15, 0.2) is 17.3 Å².